The zero-order chi connectivity index (χ0) is 37.8. The average molecular weight is 789 g/mol. The molecule has 4 aliphatic rings. The second kappa shape index (κ2) is 13.8. The summed E-state index contributed by atoms with van der Waals surface area (Å²) in [4.78, 5) is 65.2. The largest absolute Gasteiger partial charge is 0.504 e. The highest BCUT2D eigenvalue weighted by Crippen LogP contribution is 2.45. The molecule has 3 saturated heterocycles. The SMILES string of the molecule is CC(C)(O/N=C(\C(=O)N[C@@H]1C(=O)N2C(c3nnn[nH]3)=C(C[N@+]34CCC[C@H]3CN(C(=O)c3ccc(O)c(O)c3Cl)CC4)CS[C@H]12)c1csc(N)n1)C(=O)O. The molecule has 7 rings (SSSR count). The van der Waals surface area contributed by atoms with E-state index in [1.54, 1.807) is 9.80 Å². The summed E-state index contributed by atoms with van der Waals surface area (Å²) in [5.41, 5.74) is 5.32. The minimum Gasteiger partial charge on any atom is -0.504 e. The predicted molar refractivity (Wildman–Crippen MR) is 191 cm³/mol. The highest BCUT2D eigenvalue weighted by Gasteiger charge is 2.56. The summed E-state index contributed by atoms with van der Waals surface area (Å²) >= 11 is 8.75. The van der Waals surface area contributed by atoms with Crippen molar-refractivity contribution in [1.82, 2.24) is 40.7 Å². The molecule has 6 heterocycles. The number of aromatic hydroxyl groups is 2. The van der Waals surface area contributed by atoms with Crippen LogP contribution in [0.15, 0.2) is 28.2 Å². The number of carbonyl (C=O) groups excluding carboxylic acids is 3. The van der Waals surface area contributed by atoms with E-state index in [-0.39, 0.29) is 39.1 Å². The first-order valence-corrected chi connectivity index (χ1v) is 18.8. The van der Waals surface area contributed by atoms with Gasteiger partial charge in [0.2, 0.25) is 5.60 Å². The average Bonchev–Trinajstić information content (AvgIpc) is 3.91. The molecule has 53 heavy (non-hydrogen) atoms. The lowest BCUT2D eigenvalue weighted by Gasteiger charge is -2.52. The lowest BCUT2D eigenvalue weighted by molar-refractivity contribution is -0.938. The van der Waals surface area contributed by atoms with Crippen LogP contribution in [0.25, 0.3) is 5.70 Å². The van der Waals surface area contributed by atoms with Crippen molar-refractivity contribution in [3.63, 3.8) is 0 Å². The van der Waals surface area contributed by atoms with Crippen LogP contribution in [0.5, 0.6) is 11.5 Å². The van der Waals surface area contributed by atoms with Crippen LogP contribution in [-0.2, 0) is 19.2 Å². The van der Waals surface area contributed by atoms with Gasteiger partial charge in [-0.25, -0.2) is 14.9 Å². The quantitative estimate of drug-likeness (QED) is 0.0547. The molecule has 0 radical (unpaired) electrons. The third-order valence-corrected chi connectivity index (χ3v) is 12.4. The Labute approximate surface area is 314 Å². The molecule has 3 amide bonds. The number of phenolic OH excluding ortho intramolecular Hbond substituents is 2. The maximum Gasteiger partial charge on any atom is 0.350 e. The number of nitrogen functional groups attached to an aromatic ring is 1. The van der Waals surface area contributed by atoms with Crippen LogP contribution in [0.1, 0.15) is 48.6 Å². The first-order valence-electron chi connectivity index (χ1n) is 16.5. The lowest BCUT2D eigenvalue weighted by Crippen LogP contribution is -2.70. The Kier molecular flexibility index (Phi) is 9.45. The van der Waals surface area contributed by atoms with Gasteiger partial charge < -0.3 is 40.6 Å². The number of nitrogens with zero attached hydrogens (tertiary/aromatic N) is 8. The number of aromatic nitrogens is 5. The number of nitrogens with one attached hydrogen (secondary N) is 2. The number of piperazine rings is 1. The number of carbonyl (C=O) groups is 4. The van der Waals surface area contributed by atoms with E-state index in [4.69, 9.17) is 22.2 Å². The molecule has 4 atom stereocenters. The van der Waals surface area contributed by atoms with Gasteiger partial charge in [-0.05, 0) is 36.4 Å². The number of benzene rings is 1. The van der Waals surface area contributed by atoms with Crippen molar-refractivity contribution < 1.29 is 43.8 Å². The summed E-state index contributed by atoms with van der Waals surface area (Å²) in [5.74, 6) is -3.00. The lowest BCUT2D eigenvalue weighted by atomic mass is 10.00. The molecule has 0 saturated carbocycles. The summed E-state index contributed by atoms with van der Waals surface area (Å²) in [6.07, 6.45) is 1.81. The molecule has 1 aromatic carbocycles. The van der Waals surface area contributed by atoms with Gasteiger partial charge in [-0.2, -0.15) is 0 Å². The number of phenols is 2. The Morgan fingerprint density at radius 2 is 2.06 bits per heavy atom. The van der Waals surface area contributed by atoms with E-state index in [1.165, 1.54) is 43.1 Å². The number of nitrogens with two attached hydrogens (primary N) is 1. The number of oxime groups is 1. The molecule has 0 spiro atoms. The first-order chi connectivity index (χ1) is 25.2. The number of β-lactam (4-membered cyclic amide) rings is 1. The van der Waals surface area contributed by atoms with E-state index in [0.29, 0.717) is 47.9 Å². The third kappa shape index (κ3) is 6.50. The molecule has 0 aliphatic carbocycles. The maximum atomic E-state index is 13.9. The number of halogens is 1. The van der Waals surface area contributed by atoms with Crippen LogP contribution in [0, 0.1) is 0 Å². The van der Waals surface area contributed by atoms with E-state index in [0.717, 1.165) is 36.3 Å². The molecule has 0 unspecified atom stereocenters. The number of aliphatic carboxylic acids is 1. The Morgan fingerprint density at radius 3 is 2.75 bits per heavy atom. The minimum atomic E-state index is -1.76. The number of tetrazole rings is 1. The monoisotopic (exact) mass is 788 g/mol. The van der Waals surface area contributed by atoms with Gasteiger partial charge in [0.15, 0.2) is 28.2 Å². The number of rotatable bonds is 10. The van der Waals surface area contributed by atoms with E-state index in [2.05, 4.69) is 36.1 Å². The number of hydrogen-bond donors (Lipinski definition) is 6. The Hall–Kier alpha value is -4.99. The number of aromatic amines is 1. The van der Waals surface area contributed by atoms with E-state index in [1.807, 2.05) is 0 Å². The number of thioether (sulfide) groups is 1. The molecular formula is C31H35ClN11O8S2+. The van der Waals surface area contributed by atoms with Crippen molar-refractivity contribution in [3.8, 4) is 11.5 Å². The number of quaternary nitrogens is 1. The van der Waals surface area contributed by atoms with Gasteiger partial charge in [0.25, 0.3) is 17.7 Å². The van der Waals surface area contributed by atoms with Crippen molar-refractivity contribution in [2.24, 2.45) is 5.16 Å². The van der Waals surface area contributed by atoms with Crippen LogP contribution in [0.3, 0.4) is 0 Å². The number of H-pyrrole nitrogens is 1. The second-order valence-corrected chi connectivity index (χ2v) is 16.0. The number of thiazole rings is 1. The van der Waals surface area contributed by atoms with E-state index >= 15 is 0 Å². The fourth-order valence-electron chi connectivity index (χ4n) is 7.17. The number of hydrogen-bond acceptors (Lipinski definition) is 15. The first kappa shape index (κ1) is 36.4. The van der Waals surface area contributed by atoms with Gasteiger partial charge >= 0.3 is 5.97 Å². The van der Waals surface area contributed by atoms with Gasteiger partial charge in [0, 0.05) is 29.5 Å². The van der Waals surface area contributed by atoms with E-state index < -0.39 is 46.3 Å². The summed E-state index contributed by atoms with van der Waals surface area (Å²) in [5, 5.41) is 51.3. The van der Waals surface area contributed by atoms with Crippen molar-refractivity contribution in [3.05, 3.63) is 45.2 Å². The van der Waals surface area contributed by atoms with Gasteiger partial charge in [-0.3, -0.25) is 19.3 Å². The Morgan fingerprint density at radius 1 is 1.26 bits per heavy atom. The second-order valence-electron chi connectivity index (χ2n) is 13.6. The molecule has 3 fully saturated rings. The summed E-state index contributed by atoms with van der Waals surface area (Å²) < 4.78 is 0.690. The van der Waals surface area contributed by atoms with Crippen molar-refractivity contribution in [2.45, 2.75) is 49.7 Å². The molecule has 2 aromatic heterocycles. The molecule has 280 valence electrons. The normalized spacial score (nSPS) is 24.4. The van der Waals surface area contributed by atoms with Crippen molar-refractivity contribution >= 4 is 74.9 Å². The van der Waals surface area contributed by atoms with Gasteiger partial charge in [-0.1, -0.05) is 16.8 Å². The van der Waals surface area contributed by atoms with Crippen LogP contribution >= 0.6 is 34.7 Å². The maximum absolute atomic E-state index is 13.9. The minimum absolute atomic E-state index is 0.0573. The number of carboxylic acid groups (broad SMARTS) is 1. The number of carboxylic acids is 1. The highest BCUT2D eigenvalue weighted by atomic mass is 35.5. The Bertz CT molecular complexity index is 2060. The Balaban J connectivity index is 1.11. The van der Waals surface area contributed by atoms with Crippen LogP contribution in [-0.4, -0.2) is 146 Å². The molecular weight excluding hydrogens is 754 g/mol. The highest BCUT2D eigenvalue weighted by molar-refractivity contribution is 8.00. The summed E-state index contributed by atoms with van der Waals surface area (Å²) in [7, 11) is 0. The zero-order valence-corrected chi connectivity index (χ0v) is 30.7. The molecule has 0 bridgehead atoms. The topological polar surface area (TPSA) is 262 Å². The molecule has 4 aliphatic heterocycles. The van der Waals surface area contributed by atoms with Gasteiger partial charge in [0.1, 0.15) is 29.7 Å². The standard InChI is InChI=1S/C31H34ClN11O8S2/c1-31(2,29(49)50)51-38-20(17-13-53-30(33)34-17)25(46)35-21-27(48)42-22(24-36-39-40-37-24)14(12-52-28(21)42)11-43-8-3-4-15(43)10-41(7-9-43)26(47)16-5-6-18(44)23(45)19(16)32/h5-6,13,15,21,28H,3-4,7-12H2,1-2H3,(H6-,33,34,35,36,37,38,39,40,44,45,46,47,49,50)/p+1/t15-,21+,28+,43+/m0/s1. The van der Waals surface area contributed by atoms with Crippen LogP contribution in [0.4, 0.5) is 5.13 Å². The van der Waals surface area contributed by atoms with Crippen molar-refractivity contribution in [2.75, 3.05) is 44.2 Å². The smallest absolute Gasteiger partial charge is 0.350 e. The fraction of sp³-hybridized carbons (Fsp3) is 0.452. The number of fused-ring (bicyclic) bond motifs is 2. The van der Waals surface area contributed by atoms with Crippen LogP contribution in [0.2, 0.25) is 5.02 Å². The number of amides is 3. The third-order valence-electron chi connectivity index (χ3n) is 10.0. The zero-order valence-electron chi connectivity index (χ0n) is 28.4. The summed E-state index contributed by atoms with van der Waals surface area (Å²) in [6.45, 7) is 5.50. The number of anilines is 1. The van der Waals surface area contributed by atoms with Crippen molar-refractivity contribution in [1.29, 1.82) is 0 Å². The molecule has 7 N–H and O–H groups in total. The van der Waals surface area contributed by atoms with Gasteiger partial charge in [-0.15, -0.1) is 28.2 Å². The van der Waals surface area contributed by atoms with E-state index in [9.17, 15) is 34.5 Å². The predicted octanol–water partition coefficient (Wildman–Crippen LogP) is 0.833. The molecule has 19 nitrogen and oxygen atoms in total. The fourth-order valence-corrected chi connectivity index (χ4v) is 9.29. The molecule has 22 heteroatoms. The van der Waals surface area contributed by atoms with Gasteiger partial charge in [0.05, 0.1) is 42.5 Å². The molecule has 3 aromatic rings. The summed E-state index contributed by atoms with van der Waals surface area (Å²) in [6, 6.07) is 1.76. The van der Waals surface area contributed by atoms with Crippen LogP contribution < -0.4 is 11.1 Å².